The van der Waals surface area contributed by atoms with Crippen molar-refractivity contribution in [3.8, 4) is 11.4 Å². The molecule has 146 valence electrons. The van der Waals surface area contributed by atoms with E-state index in [9.17, 15) is 4.79 Å². The molecule has 1 N–H and O–H groups in total. The zero-order chi connectivity index (χ0) is 18.1. The molecular weight excluding hydrogens is 366 g/mol. The van der Waals surface area contributed by atoms with Gasteiger partial charge in [0.1, 0.15) is 5.75 Å². The largest absolute Gasteiger partial charge is 0.497 e. The standard InChI is InChI=1S/C19H25N5O2.ClH/c1-13-18(21-22-24(13)16-3-5-17(26-2)6-4-16)19(25)23-9-7-14-11-20-12-15(14)8-10-23;/h3-6,14-15,20H,7-12H2,1-2H3;1H/t14-,15+;. The van der Waals surface area contributed by atoms with E-state index >= 15 is 0 Å². The number of carbonyl (C=O) groups is 1. The lowest BCUT2D eigenvalue weighted by molar-refractivity contribution is 0.0751. The van der Waals surface area contributed by atoms with Gasteiger partial charge in [-0.05, 0) is 69.0 Å². The predicted octanol–water partition coefficient (Wildman–Crippen LogP) is 2.08. The van der Waals surface area contributed by atoms with Crippen molar-refractivity contribution in [3.63, 3.8) is 0 Å². The fourth-order valence-electron chi connectivity index (χ4n) is 4.07. The molecule has 8 heteroatoms. The third-order valence-corrected chi connectivity index (χ3v) is 5.72. The summed E-state index contributed by atoms with van der Waals surface area (Å²) >= 11 is 0. The van der Waals surface area contributed by atoms with E-state index in [1.807, 2.05) is 36.1 Å². The van der Waals surface area contributed by atoms with Gasteiger partial charge in [0.05, 0.1) is 18.5 Å². The highest BCUT2D eigenvalue weighted by atomic mass is 35.5. The van der Waals surface area contributed by atoms with E-state index in [1.165, 1.54) is 0 Å². The number of hydrogen-bond acceptors (Lipinski definition) is 5. The molecule has 1 amide bonds. The Bertz CT molecular complexity index is 778. The highest BCUT2D eigenvalue weighted by Crippen LogP contribution is 2.28. The number of aromatic nitrogens is 3. The molecule has 1 aromatic carbocycles. The molecule has 0 unspecified atom stereocenters. The third-order valence-electron chi connectivity index (χ3n) is 5.72. The van der Waals surface area contributed by atoms with Crippen LogP contribution in [0.15, 0.2) is 24.3 Å². The van der Waals surface area contributed by atoms with Crippen molar-refractivity contribution in [3.05, 3.63) is 35.7 Å². The first-order valence-corrected chi connectivity index (χ1v) is 9.24. The summed E-state index contributed by atoms with van der Waals surface area (Å²) < 4.78 is 6.90. The number of fused-ring (bicyclic) bond motifs is 1. The van der Waals surface area contributed by atoms with Crippen LogP contribution in [0.4, 0.5) is 0 Å². The van der Waals surface area contributed by atoms with Crippen LogP contribution in [0, 0.1) is 18.8 Å². The molecule has 0 bridgehead atoms. The molecule has 3 heterocycles. The summed E-state index contributed by atoms with van der Waals surface area (Å²) in [7, 11) is 1.64. The van der Waals surface area contributed by atoms with E-state index < -0.39 is 0 Å². The number of rotatable bonds is 3. The summed E-state index contributed by atoms with van der Waals surface area (Å²) in [6.45, 7) is 5.67. The lowest BCUT2D eigenvalue weighted by atomic mass is 9.92. The molecule has 0 spiro atoms. The van der Waals surface area contributed by atoms with Gasteiger partial charge in [0.2, 0.25) is 0 Å². The van der Waals surface area contributed by atoms with Crippen molar-refractivity contribution in [2.24, 2.45) is 11.8 Å². The van der Waals surface area contributed by atoms with Crippen LogP contribution in [0.1, 0.15) is 29.0 Å². The fourth-order valence-corrected chi connectivity index (χ4v) is 4.07. The average Bonchev–Trinajstić information content (AvgIpc) is 3.22. The Morgan fingerprint density at radius 3 is 2.37 bits per heavy atom. The van der Waals surface area contributed by atoms with E-state index in [-0.39, 0.29) is 18.3 Å². The average molecular weight is 392 g/mol. The second-order valence-corrected chi connectivity index (χ2v) is 7.18. The van der Waals surface area contributed by atoms with Crippen LogP contribution in [0.2, 0.25) is 0 Å². The predicted molar refractivity (Wildman–Crippen MR) is 105 cm³/mol. The molecule has 0 aliphatic carbocycles. The van der Waals surface area contributed by atoms with Gasteiger partial charge < -0.3 is 15.0 Å². The smallest absolute Gasteiger partial charge is 0.276 e. The van der Waals surface area contributed by atoms with Gasteiger partial charge in [0, 0.05) is 13.1 Å². The maximum Gasteiger partial charge on any atom is 0.276 e. The van der Waals surface area contributed by atoms with Crippen LogP contribution < -0.4 is 10.1 Å². The quantitative estimate of drug-likeness (QED) is 0.867. The van der Waals surface area contributed by atoms with Gasteiger partial charge in [-0.3, -0.25) is 4.79 Å². The van der Waals surface area contributed by atoms with E-state index in [0.29, 0.717) is 17.5 Å². The van der Waals surface area contributed by atoms with Gasteiger partial charge in [-0.1, -0.05) is 5.21 Å². The van der Waals surface area contributed by atoms with Crippen LogP contribution in [-0.4, -0.2) is 59.1 Å². The first-order valence-electron chi connectivity index (χ1n) is 9.24. The molecule has 2 saturated heterocycles. The van der Waals surface area contributed by atoms with E-state index in [1.54, 1.807) is 11.8 Å². The van der Waals surface area contributed by atoms with Gasteiger partial charge in [0.15, 0.2) is 5.69 Å². The Morgan fingerprint density at radius 2 is 1.78 bits per heavy atom. The second kappa shape index (κ2) is 8.27. The highest BCUT2D eigenvalue weighted by molar-refractivity contribution is 5.93. The number of carbonyl (C=O) groups excluding carboxylic acids is 1. The van der Waals surface area contributed by atoms with E-state index in [0.717, 1.165) is 56.2 Å². The molecule has 7 nitrogen and oxygen atoms in total. The number of halogens is 1. The maximum absolute atomic E-state index is 13.0. The van der Waals surface area contributed by atoms with Crippen LogP contribution >= 0.6 is 12.4 Å². The molecular formula is C19H26ClN5O2. The SMILES string of the molecule is COc1ccc(-n2nnc(C(=O)N3CC[C@@H]4CNC[C@@H]4CC3)c2C)cc1.Cl. The molecule has 2 aliphatic rings. The van der Waals surface area contributed by atoms with Gasteiger partial charge in [-0.2, -0.15) is 0 Å². The lowest BCUT2D eigenvalue weighted by Gasteiger charge is -2.20. The van der Waals surface area contributed by atoms with E-state index in [2.05, 4.69) is 15.6 Å². The third kappa shape index (κ3) is 3.80. The molecule has 0 saturated carbocycles. The molecule has 0 radical (unpaired) electrons. The van der Waals surface area contributed by atoms with Gasteiger partial charge in [-0.25, -0.2) is 4.68 Å². The Labute approximate surface area is 165 Å². The Kier molecular flexibility index (Phi) is 6.01. The summed E-state index contributed by atoms with van der Waals surface area (Å²) in [6, 6.07) is 7.57. The maximum atomic E-state index is 13.0. The van der Waals surface area contributed by atoms with Crippen molar-refractivity contribution in [1.29, 1.82) is 0 Å². The molecule has 2 fully saturated rings. The number of likely N-dealkylation sites (tertiary alicyclic amines) is 1. The summed E-state index contributed by atoms with van der Waals surface area (Å²) in [5.74, 6) is 2.18. The minimum Gasteiger partial charge on any atom is -0.497 e. The summed E-state index contributed by atoms with van der Waals surface area (Å²) in [6.07, 6.45) is 2.13. The number of hydrogen-bond donors (Lipinski definition) is 1. The number of ether oxygens (including phenoxy) is 1. The fraction of sp³-hybridized carbons (Fsp3) is 0.526. The Hall–Kier alpha value is -2.12. The minimum atomic E-state index is -0.00445. The van der Waals surface area contributed by atoms with Crippen LogP contribution in [0.3, 0.4) is 0 Å². The molecule has 2 aromatic rings. The van der Waals surface area contributed by atoms with Crippen molar-refractivity contribution >= 4 is 18.3 Å². The van der Waals surface area contributed by atoms with Gasteiger partial charge in [-0.15, -0.1) is 17.5 Å². The molecule has 2 aliphatic heterocycles. The van der Waals surface area contributed by atoms with Crippen LogP contribution in [-0.2, 0) is 0 Å². The van der Waals surface area contributed by atoms with Crippen molar-refractivity contribution < 1.29 is 9.53 Å². The first kappa shape index (κ1) is 19.6. The first-order chi connectivity index (χ1) is 12.7. The lowest BCUT2D eigenvalue weighted by Crippen LogP contribution is -2.33. The van der Waals surface area contributed by atoms with E-state index in [4.69, 9.17) is 4.74 Å². The van der Waals surface area contributed by atoms with Crippen molar-refractivity contribution in [1.82, 2.24) is 25.2 Å². The van der Waals surface area contributed by atoms with Crippen LogP contribution in [0.25, 0.3) is 5.69 Å². The summed E-state index contributed by atoms with van der Waals surface area (Å²) in [5.41, 5.74) is 2.09. The second-order valence-electron chi connectivity index (χ2n) is 7.18. The number of benzene rings is 1. The zero-order valence-electron chi connectivity index (χ0n) is 15.7. The molecule has 2 atom stereocenters. The monoisotopic (exact) mass is 391 g/mol. The molecule has 27 heavy (non-hydrogen) atoms. The summed E-state index contributed by atoms with van der Waals surface area (Å²) in [5, 5.41) is 11.9. The minimum absolute atomic E-state index is 0. The summed E-state index contributed by atoms with van der Waals surface area (Å²) in [4.78, 5) is 15.0. The zero-order valence-corrected chi connectivity index (χ0v) is 16.5. The normalized spacial score (nSPS) is 21.9. The number of nitrogens with zero attached hydrogens (tertiary/aromatic N) is 4. The Morgan fingerprint density at radius 1 is 1.15 bits per heavy atom. The number of nitrogens with one attached hydrogen (secondary N) is 1. The number of amides is 1. The molecule has 1 aromatic heterocycles. The highest BCUT2D eigenvalue weighted by Gasteiger charge is 2.32. The van der Waals surface area contributed by atoms with Crippen molar-refractivity contribution in [2.45, 2.75) is 19.8 Å². The molecule has 4 rings (SSSR count). The topological polar surface area (TPSA) is 72.3 Å². The number of methoxy groups -OCH3 is 1. The van der Waals surface area contributed by atoms with Crippen molar-refractivity contribution in [2.75, 3.05) is 33.3 Å². The van der Waals surface area contributed by atoms with Gasteiger partial charge >= 0.3 is 0 Å². The van der Waals surface area contributed by atoms with Crippen LogP contribution in [0.5, 0.6) is 5.75 Å². The Balaban J connectivity index is 0.00000210. The van der Waals surface area contributed by atoms with Gasteiger partial charge in [0.25, 0.3) is 5.91 Å².